The van der Waals surface area contributed by atoms with E-state index < -0.39 is 11.7 Å². The zero-order valence-electron chi connectivity index (χ0n) is 15.7. The van der Waals surface area contributed by atoms with Crippen molar-refractivity contribution in [2.75, 3.05) is 20.1 Å². The number of halogens is 4. The predicted molar refractivity (Wildman–Crippen MR) is 102 cm³/mol. The van der Waals surface area contributed by atoms with Crippen LogP contribution in [0.5, 0.6) is 0 Å². The first-order chi connectivity index (χ1) is 12.4. The fourth-order valence-corrected chi connectivity index (χ4v) is 4.47. The minimum atomic E-state index is -4.43. The van der Waals surface area contributed by atoms with E-state index >= 15 is 0 Å². The van der Waals surface area contributed by atoms with E-state index in [4.69, 9.17) is 0 Å². The Bertz CT molecular complexity index is 632. The summed E-state index contributed by atoms with van der Waals surface area (Å²) < 4.78 is 39.6. The van der Waals surface area contributed by atoms with Gasteiger partial charge in [0.1, 0.15) is 0 Å². The second-order valence-corrected chi connectivity index (χ2v) is 7.50. The van der Waals surface area contributed by atoms with Crippen molar-refractivity contribution in [3.63, 3.8) is 0 Å². The van der Waals surface area contributed by atoms with Crippen molar-refractivity contribution in [2.24, 2.45) is 0 Å². The summed E-state index contributed by atoms with van der Waals surface area (Å²) in [5.74, 6) is -0.224. The minimum Gasteiger partial charge on any atom is -0.341 e. The first-order valence-electron chi connectivity index (χ1n) is 9.53. The summed E-state index contributed by atoms with van der Waals surface area (Å²) in [5, 5.41) is 0. The highest BCUT2D eigenvalue weighted by Gasteiger charge is 2.37. The number of likely N-dealkylation sites (tertiary alicyclic amines) is 1. The SMILES string of the molecule is CN(C(=O)Cc1ccccc1C(F)(F)F)[C@@H]1CCCC[C@H]1N1CCCC1.Cl. The van der Waals surface area contributed by atoms with Gasteiger partial charge in [-0.25, -0.2) is 0 Å². The first-order valence-corrected chi connectivity index (χ1v) is 9.53. The Morgan fingerprint density at radius 2 is 1.74 bits per heavy atom. The molecule has 3 rings (SSSR count). The maximum absolute atomic E-state index is 13.2. The third-order valence-corrected chi connectivity index (χ3v) is 5.86. The van der Waals surface area contributed by atoms with Gasteiger partial charge < -0.3 is 4.90 Å². The van der Waals surface area contributed by atoms with E-state index in [1.54, 1.807) is 18.0 Å². The predicted octanol–water partition coefficient (Wildman–Crippen LogP) is 4.54. The number of carbonyl (C=O) groups excluding carboxylic acids is 1. The molecule has 2 atom stereocenters. The zero-order valence-corrected chi connectivity index (χ0v) is 16.5. The van der Waals surface area contributed by atoms with Gasteiger partial charge in [-0.15, -0.1) is 12.4 Å². The molecule has 1 saturated carbocycles. The molecule has 7 heteroatoms. The molecule has 0 bridgehead atoms. The van der Waals surface area contributed by atoms with Crippen LogP contribution in [0.1, 0.15) is 49.7 Å². The topological polar surface area (TPSA) is 23.6 Å². The fraction of sp³-hybridized carbons (Fsp3) is 0.650. The Balaban J connectivity index is 0.00000261. The van der Waals surface area contributed by atoms with Crippen LogP contribution in [0.15, 0.2) is 24.3 Å². The number of benzene rings is 1. The molecule has 1 aromatic carbocycles. The van der Waals surface area contributed by atoms with Crippen LogP contribution in [0.4, 0.5) is 13.2 Å². The van der Waals surface area contributed by atoms with E-state index in [-0.39, 0.29) is 36.3 Å². The molecule has 0 aromatic heterocycles. The highest BCUT2D eigenvalue weighted by Crippen LogP contribution is 2.33. The van der Waals surface area contributed by atoms with Crippen LogP contribution >= 0.6 is 12.4 Å². The average Bonchev–Trinajstić information content (AvgIpc) is 3.15. The molecule has 0 N–H and O–H groups in total. The lowest BCUT2D eigenvalue weighted by atomic mass is 9.88. The molecule has 1 aliphatic heterocycles. The molecule has 2 fully saturated rings. The lowest BCUT2D eigenvalue weighted by Gasteiger charge is -2.42. The number of alkyl halides is 3. The smallest absolute Gasteiger partial charge is 0.341 e. The number of nitrogens with zero attached hydrogens (tertiary/aromatic N) is 2. The summed E-state index contributed by atoms with van der Waals surface area (Å²) >= 11 is 0. The molecule has 3 nitrogen and oxygen atoms in total. The van der Waals surface area contributed by atoms with Crippen LogP contribution in [0.2, 0.25) is 0 Å². The van der Waals surface area contributed by atoms with Crippen LogP contribution in [-0.2, 0) is 17.4 Å². The lowest BCUT2D eigenvalue weighted by Crippen LogP contribution is -2.53. The summed E-state index contributed by atoms with van der Waals surface area (Å²) in [6.45, 7) is 2.14. The van der Waals surface area contributed by atoms with Crippen molar-refractivity contribution in [1.82, 2.24) is 9.80 Å². The lowest BCUT2D eigenvalue weighted by molar-refractivity contribution is -0.139. The molecule has 0 unspecified atom stereocenters. The van der Waals surface area contributed by atoms with Crippen LogP contribution in [0.3, 0.4) is 0 Å². The third kappa shape index (κ3) is 5.17. The maximum atomic E-state index is 13.2. The maximum Gasteiger partial charge on any atom is 0.416 e. The average molecular weight is 405 g/mol. The van der Waals surface area contributed by atoms with E-state index in [1.165, 1.54) is 25.0 Å². The number of carbonyl (C=O) groups is 1. The van der Waals surface area contributed by atoms with E-state index in [1.807, 2.05) is 0 Å². The van der Waals surface area contributed by atoms with Crippen LogP contribution in [0, 0.1) is 0 Å². The Morgan fingerprint density at radius 3 is 2.41 bits per heavy atom. The standard InChI is InChI=1S/C20H27F3N2O.ClH/c1-24(17-10-4-5-11-18(17)25-12-6-7-13-25)19(26)14-15-8-2-3-9-16(15)20(21,22)23;/h2-3,8-9,17-18H,4-7,10-14H2,1H3;1H/t17-,18-;/m1./s1. The van der Waals surface area contributed by atoms with E-state index in [9.17, 15) is 18.0 Å². The largest absolute Gasteiger partial charge is 0.416 e. The summed E-state index contributed by atoms with van der Waals surface area (Å²) in [7, 11) is 1.76. The number of hydrogen-bond acceptors (Lipinski definition) is 2. The third-order valence-electron chi connectivity index (χ3n) is 5.86. The molecule has 1 amide bonds. The van der Waals surface area contributed by atoms with Crippen molar-refractivity contribution >= 4 is 18.3 Å². The van der Waals surface area contributed by atoms with E-state index in [2.05, 4.69) is 4.90 Å². The summed E-state index contributed by atoms with van der Waals surface area (Å²) in [5.41, 5.74) is -0.646. The first kappa shape index (κ1) is 22.0. The molecule has 0 spiro atoms. The molecule has 1 aliphatic carbocycles. The van der Waals surface area contributed by atoms with Gasteiger partial charge in [-0.2, -0.15) is 13.2 Å². The minimum absolute atomic E-state index is 0. The Hall–Kier alpha value is -1.27. The number of likely N-dealkylation sites (N-methyl/N-ethyl adjacent to an activating group) is 1. The normalized spacial score (nSPS) is 23.7. The molecule has 1 heterocycles. The highest BCUT2D eigenvalue weighted by atomic mass is 35.5. The van der Waals surface area contributed by atoms with Gasteiger partial charge in [-0.1, -0.05) is 31.0 Å². The Kier molecular flexibility index (Phi) is 7.57. The van der Waals surface area contributed by atoms with Crippen molar-refractivity contribution in [2.45, 2.75) is 63.2 Å². The van der Waals surface area contributed by atoms with Gasteiger partial charge in [0.15, 0.2) is 0 Å². The Morgan fingerprint density at radius 1 is 1.11 bits per heavy atom. The van der Waals surface area contributed by atoms with Crippen molar-refractivity contribution in [3.05, 3.63) is 35.4 Å². The molecular formula is C20H28ClF3N2O. The van der Waals surface area contributed by atoms with Gasteiger partial charge in [0.05, 0.1) is 12.0 Å². The Labute approximate surface area is 165 Å². The quantitative estimate of drug-likeness (QED) is 0.735. The van der Waals surface area contributed by atoms with Gasteiger partial charge in [0.2, 0.25) is 5.91 Å². The highest BCUT2D eigenvalue weighted by molar-refractivity contribution is 5.85. The summed E-state index contributed by atoms with van der Waals surface area (Å²) in [4.78, 5) is 17.0. The van der Waals surface area contributed by atoms with Crippen molar-refractivity contribution < 1.29 is 18.0 Å². The van der Waals surface area contributed by atoms with Gasteiger partial charge in [0.25, 0.3) is 0 Å². The molecular weight excluding hydrogens is 377 g/mol. The summed E-state index contributed by atoms with van der Waals surface area (Å²) in [6, 6.07) is 5.84. The van der Waals surface area contributed by atoms with Gasteiger partial charge in [-0.05, 0) is 50.4 Å². The van der Waals surface area contributed by atoms with Gasteiger partial charge in [-0.3, -0.25) is 9.69 Å². The van der Waals surface area contributed by atoms with Gasteiger partial charge in [0, 0.05) is 19.1 Å². The molecule has 27 heavy (non-hydrogen) atoms. The second kappa shape index (κ2) is 9.28. The molecule has 152 valence electrons. The summed E-state index contributed by atoms with van der Waals surface area (Å²) in [6.07, 6.45) is 2.00. The fourth-order valence-electron chi connectivity index (χ4n) is 4.47. The second-order valence-electron chi connectivity index (χ2n) is 7.50. The number of hydrogen-bond donors (Lipinski definition) is 0. The van der Waals surface area contributed by atoms with E-state index in [0.29, 0.717) is 6.04 Å². The zero-order chi connectivity index (χ0) is 18.7. The van der Waals surface area contributed by atoms with E-state index in [0.717, 1.165) is 44.8 Å². The van der Waals surface area contributed by atoms with Gasteiger partial charge >= 0.3 is 6.18 Å². The number of amides is 1. The molecule has 1 aromatic rings. The monoisotopic (exact) mass is 404 g/mol. The molecule has 0 radical (unpaired) electrons. The molecule has 2 aliphatic rings. The van der Waals surface area contributed by atoms with Crippen molar-refractivity contribution in [3.8, 4) is 0 Å². The van der Waals surface area contributed by atoms with Crippen LogP contribution in [0.25, 0.3) is 0 Å². The van der Waals surface area contributed by atoms with Crippen molar-refractivity contribution in [1.29, 1.82) is 0 Å². The van der Waals surface area contributed by atoms with Crippen LogP contribution in [-0.4, -0.2) is 47.9 Å². The number of rotatable bonds is 4. The molecule has 1 saturated heterocycles. The van der Waals surface area contributed by atoms with Crippen LogP contribution < -0.4 is 0 Å².